The Bertz CT molecular complexity index is 313. The normalized spacial score (nSPS) is 12.5. The lowest BCUT2D eigenvalue weighted by molar-refractivity contribution is -0.140. The Morgan fingerprint density at radius 1 is 1.47 bits per heavy atom. The minimum Gasteiger partial charge on any atom is -0.465 e. The summed E-state index contributed by atoms with van der Waals surface area (Å²) in [4.78, 5) is 12.8. The zero-order valence-electron chi connectivity index (χ0n) is 9.04. The van der Waals surface area contributed by atoms with Crippen LogP contribution in [0.5, 0.6) is 0 Å². The second-order valence-corrected chi connectivity index (χ2v) is 6.28. The molecule has 0 aromatic rings. The molecule has 0 aromatic heterocycles. The van der Waals surface area contributed by atoms with Gasteiger partial charge in [-0.15, -0.1) is 0 Å². The molecule has 0 saturated carbocycles. The van der Waals surface area contributed by atoms with Crippen LogP contribution >= 0.6 is 11.8 Å². The number of sulfone groups is 1. The van der Waals surface area contributed by atoms with Crippen LogP contribution in [0.25, 0.3) is 0 Å². The Kier molecular flexibility index (Phi) is 5.55. The van der Waals surface area contributed by atoms with Crippen molar-refractivity contribution < 1.29 is 17.9 Å². The summed E-state index contributed by atoms with van der Waals surface area (Å²) in [5.74, 6) is -0.778. The summed E-state index contributed by atoms with van der Waals surface area (Å²) in [6.45, 7) is 4.46. The van der Waals surface area contributed by atoms with E-state index < -0.39 is 21.3 Å². The molecule has 0 aliphatic carbocycles. The van der Waals surface area contributed by atoms with Gasteiger partial charge in [0.15, 0.2) is 9.84 Å². The average Bonchev–Trinajstić information content (AvgIpc) is 2.01. The molecule has 0 saturated heterocycles. The van der Waals surface area contributed by atoms with Crippen molar-refractivity contribution in [1.82, 2.24) is 4.84 Å². The zero-order valence-corrected chi connectivity index (χ0v) is 10.6. The smallest absolute Gasteiger partial charge is 0.302 e. The molecule has 0 heterocycles. The Hall–Kier alpha value is -0.330. The van der Waals surface area contributed by atoms with Crippen LogP contribution in [0.3, 0.4) is 0 Å². The average molecular weight is 258 g/mol. The molecule has 0 aliphatic heterocycles. The molecule has 0 fully saturated rings. The molecule has 0 aromatic carbocycles. The third-order valence-electron chi connectivity index (χ3n) is 1.54. The van der Waals surface area contributed by atoms with Crippen LogP contribution in [0.15, 0.2) is 0 Å². The molecule has 7 heteroatoms. The summed E-state index contributed by atoms with van der Waals surface area (Å²) in [5.41, 5.74) is -0.698. The first kappa shape index (κ1) is 14.7. The number of hydrogen-bond acceptors (Lipinski definition) is 5. The lowest BCUT2D eigenvalue weighted by Crippen LogP contribution is -2.41. The summed E-state index contributed by atoms with van der Waals surface area (Å²) in [7, 11) is -3.27. The van der Waals surface area contributed by atoms with Crippen LogP contribution < -0.4 is 4.84 Å². The number of ether oxygens (including phenoxy) is 1. The molecule has 0 radical (unpaired) electrons. The maximum Gasteiger partial charge on any atom is 0.302 e. The van der Waals surface area contributed by atoms with Gasteiger partial charge in [-0.05, 0) is 25.6 Å². The fraction of sp³-hybridized carbons (Fsp3) is 0.875. The van der Waals surface area contributed by atoms with Crippen molar-refractivity contribution in [2.75, 3.05) is 18.1 Å². The van der Waals surface area contributed by atoms with E-state index in [4.69, 9.17) is 11.8 Å². The van der Waals surface area contributed by atoms with Gasteiger partial charge >= 0.3 is 5.97 Å². The van der Waals surface area contributed by atoms with Crippen molar-refractivity contribution in [3.05, 3.63) is 0 Å². The molecule has 0 atom stereocenters. The summed E-state index contributed by atoms with van der Waals surface area (Å²) < 4.78 is 27.5. The Labute approximate surface area is 95.2 Å². The van der Waals surface area contributed by atoms with Gasteiger partial charge in [-0.3, -0.25) is 4.79 Å². The van der Waals surface area contributed by atoms with Gasteiger partial charge in [-0.2, -0.15) is 0 Å². The van der Waals surface area contributed by atoms with Gasteiger partial charge in [0.05, 0.1) is 11.5 Å². The third-order valence-corrected chi connectivity index (χ3v) is 4.00. The van der Waals surface area contributed by atoms with Gasteiger partial charge in [-0.1, -0.05) is 0 Å². The number of rotatable bonds is 6. The van der Waals surface area contributed by atoms with E-state index in [1.165, 1.54) is 6.92 Å². The number of halogens is 1. The summed E-state index contributed by atoms with van der Waals surface area (Å²) in [6, 6.07) is 0. The number of carbonyl (C=O) groups is 1. The highest BCUT2D eigenvalue weighted by Gasteiger charge is 2.25. The second-order valence-electron chi connectivity index (χ2n) is 3.91. The Morgan fingerprint density at radius 3 is 2.40 bits per heavy atom. The molecule has 0 amide bonds. The van der Waals surface area contributed by atoms with Crippen molar-refractivity contribution in [2.24, 2.45) is 0 Å². The van der Waals surface area contributed by atoms with Crippen LogP contribution in [0.4, 0.5) is 0 Å². The van der Waals surface area contributed by atoms with Gasteiger partial charge in [0, 0.05) is 12.5 Å². The topological polar surface area (TPSA) is 72.5 Å². The van der Waals surface area contributed by atoms with E-state index in [1.54, 1.807) is 13.8 Å². The van der Waals surface area contributed by atoms with E-state index in [0.717, 1.165) is 0 Å². The van der Waals surface area contributed by atoms with Crippen molar-refractivity contribution >= 4 is 27.6 Å². The maximum atomic E-state index is 11.5. The number of nitrogens with one attached hydrogen (secondary N) is 1. The summed E-state index contributed by atoms with van der Waals surface area (Å²) in [6.07, 6.45) is 0. The highest BCUT2D eigenvalue weighted by Crippen LogP contribution is 2.08. The molecule has 1 N–H and O–H groups in total. The van der Waals surface area contributed by atoms with E-state index in [9.17, 15) is 13.2 Å². The molecule has 90 valence electrons. The monoisotopic (exact) mass is 257 g/mol. The molecule has 0 spiro atoms. The molecule has 0 bridgehead atoms. The van der Waals surface area contributed by atoms with Gasteiger partial charge in [0.25, 0.3) is 0 Å². The first-order chi connectivity index (χ1) is 6.68. The fourth-order valence-corrected chi connectivity index (χ4v) is 2.76. The molecular weight excluding hydrogens is 242 g/mol. The Morgan fingerprint density at radius 2 is 2.00 bits per heavy atom. The number of hydrogen-bond donors (Lipinski definition) is 1. The third kappa shape index (κ3) is 7.58. The Balaban J connectivity index is 4.15. The van der Waals surface area contributed by atoms with E-state index in [2.05, 4.69) is 9.57 Å². The number of carbonyl (C=O) groups excluding carboxylic acids is 1. The van der Waals surface area contributed by atoms with E-state index in [0.29, 0.717) is 0 Å². The highest BCUT2D eigenvalue weighted by molar-refractivity contribution is 7.91. The van der Waals surface area contributed by atoms with E-state index in [-0.39, 0.29) is 18.1 Å². The van der Waals surface area contributed by atoms with Gasteiger partial charge < -0.3 is 4.74 Å². The van der Waals surface area contributed by atoms with Crippen LogP contribution in [0.1, 0.15) is 20.8 Å². The molecule has 0 unspecified atom stereocenters. The minimum absolute atomic E-state index is 0.106. The highest BCUT2D eigenvalue weighted by atomic mass is 35.5. The molecule has 15 heavy (non-hydrogen) atoms. The van der Waals surface area contributed by atoms with Crippen LogP contribution in [0, 0.1) is 0 Å². The summed E-state index contributed by atoms with van der Waals surface area (Å²) in [5, 5.41) is 0. The first-order valence-electron chi connectivity index (χ1n) is 4.40. The van der Waals surface area contributed by atoms with Gasteiger partial charge in [0.2, 0.25) is 0 Å². The van der Waals surface area contributed by atoms with Crippen molar-refractivity contribution in [3.8, 4) is 0 Å². The largest absolute Gasteiger partial charge is 0.465 e. The predicted octanol–water partition coefficient (Wildman–Crippen LogP) is 0.486. The van der Waals surface area contributed by atoms with Crippen molar-refractivity contribution in [1.29, 1.82) is 0 Å². The lowest BCUT2D eigenvalue weighted by atomic mass is 10.1. The van der Waals surface area contributed by atoms with Gasteiger partial charge in [0.1, 0.15) is 6.61 Å². The number of esters is 1. The standard InChI is InChI=1S/C8H16ClNO4S/c1-7(11)14-4-5-15(12,13)6-8(2,3)10-9/h10H,4-6H2,1-3H3. The first-order valence-corrected chi connectivity index (χ1v) is 6.60. The molecule has 5 nitrogen and oxygen atoms in total. The van der Waals surface area contributed by atoms with E-state index >= 15 is 0 Å². The molecule has 0 aliphatic rings. The van der Waals surface area contributed by atoms with E-state index in [1.807, 2.05) is 0 Å². The van der Waals surface area contributed by atoms with Crippen LogP contribution in [-0.2, 0) is 19.4 Å². The molecule has 0 rings (SSSR count). The maximum absolute atomic E-state index is 11.5. The van der Waals surface area contributed by atoms with Crippen molar-refractivity contribution in [3.63, 3.8) is 0 Å². The SMILES string of the molecule is CC(=O)OCCS(=O)(=O)CC(C)(C)NCl. The predicted molar refractivity (Wildman–Crippen MR) is 58.4 cm³/mol. The van der Waals surface area contributed by atoms with Crippen molar-refractivity contribution in [2.45, 2.75) is 26.3 Å². The minimum atomic E-state index is -3.27. The second kappa shape index (κ2) is 5.67. The summed E-state index contributed by atoms with van der Waals surface area (Å²) >= 11 is 5.38. The quantitative estimate of drug-likeness (QED) is 0.554. The van der Waals surface area contributed by atoms with Crippen LogP contribution in [-0.4, -0.2) is 38.0 Å². The molecular formula is C8H16ClNO4S. The van der Waals surface area contributed by atoms with Crippen LogP contribution in [0.2, 0.25) is 0 Å². The fourth-order valence-electron chi connectivity index (χ4n) is 0.962. The lowest BCUT2D eigenvalue weighted by Gasteiger charge is -2.21. The van der Waals surface area contributed by atoms with Gasteiger partial charge in [-0.25, -0.2) is 13.3 Å². The zero-order chi connectivity index (χ0) is 12.1.